The molecule has 2 aromatic carbocycles. The standard InChI is InChI=1S/C20H14BrFN4O2S/c1-11-3-2-4-12(7-11)17-18-19(29-25-17)20(28)26(10-23-18)9-16(27)24-15-6-5-13(21)8-14(15)22/h2-8,10H,9H2,1H3,(H,24,27). The zero-order valence-corrected chi connectivity index (χ0v) is 17.6. The largest absolute Gasteiger partial charge is 0.322 e. The molecule has 2 aromatic heterocycles. The summed E-state index contributed by atoms with van der Waals surface area (Å²) in [6, 6.07) is 12.1. The van der Waals surface area contributed by atoms with Crippen LogP contribution in [0.25, 0.3) is 21.5 Å². The molecule has 1 amide bonds. The molecular weight excluding hydrogens is 459 g/mol. The minimum Gasteiger partial charge on any atom is -0.322 e. The third kappa shape index (κ3) is 3.96. The Labute approximate surface area is 177 Å². The number of nitrogens with one attached hydrogen (secondary N) is 1. The molecule has 0 bridgehead atoms. The van der Waals surface area contributed by atoms with Crippen molar-refractivity contribution in [2.45, 2.75) is 13.5 Å². The predicted octanol–water partition coefficient (Wildman–Crippen LogP) is 4.37. The van der Waals surface area contributed by atoms with Crippen molar-refractivity contribution in [2.75, 3.05) is 5.32 Å². The highest BCUT2D eigenvalue weighted by Crippen LogP contribution is 2.27. The molecule has 0 fully saturated rings. The summed E-state index contributed by atoms with van der Waals surface area (Å²) >= 11 is 4.21. The number of hydrogen-bond donors (Lipinski definition) is 1. The average molecular weight is 473 g/mol. The van der Waals surface area contributed by atoms with Gasteiger partial charge in [0, 0.05) is 10.0 Å². The van der Waals surface area contributed by atoms with E-state index in [0.717, 1.165) is 22.7 Å². The van der Waals surface area contributed by atoms with Crippen molar-refractivity contribution in [1.82, 2.24) is 13.9 Å². The maximum Gasteiger partial charge on any atom is 0.273 e. The van der Waals surface area contributed by atoms with Gasteiger partial charge in [-0.25, -0.2) is 9.37 Å². The van der Waals surface area contributed by atoms with E-state index in [1.54, 1.807) is 6.07 Å². The van der Waals surface area contributed by atoms with Gasteiger partial charge in [0.05, 0.1) is 12.0 Å². The van der Waals surface area contributed by atoms with Crippen LogP contribution in [0.5, 0.6) is 0 Å². The second-order valence-corrected chi connectivity index (χ2v) is 8.12. The van der Waals surface area contributed by atoms with Gasteiger partial charge in [-0.05, 0) is 42.7 Å². The first-order chi connectivity index (χ1) is 13.9. The molecule has 0 aliphatic rings. The molecule has 0 aliphatic carbocycles. The van der Waals surface area contributed by atoms with Crippen molar-refractivity contribution in [3.05, 3.63) is 75.0 Å². The highest BCUT2D eigenvalue weighted by atomic mass is 79.9. The minimum atomic E-state index is -0.570. The highest BCUT2D eigenvalue weighted by molar-refractivity contribution is 9.10. The number of aromatic nitrogens is 3. The van der Waals surface area contributed by atoms with Crippen molar-refractivity contribution in [3.63, 3.8) is 0 Å². The average Bonchev–Trinajstić information content (AvgIpc) is 3.11. The minimum absolute atomic E-state index is 0.0415. The van der Waals surface area contributed by atoms with Gasteiger partial charge in [0.15, 0.2) is 0 Å². The number of anilines is 1. The Balaban J connectivity index is 1.61. The number of nitrogens with zero attached hydrogens (tertiary/aromatic N) is 3. The normalized spacial score (nSPS) is 11.0. The molecular formula is C20H14BrFN4O2S. The lowest BCUT2D eigenvalue weighted by molar-refractivity contribution is -0.116. The summed E-state index contributed by atoms with van der Waals surface area (Å²) in [4.78, 5) is 29.4. The zero-order valence-electron chi connectivity index (χ0n) is 15.1. The molecule has 4 rings (SSSR count). The number of hydrogen-bond acceptors (Lipinski definition) is 5. The predicted molar refractivity (Wildman–Crippen MR) is 115 cm³/mol. The summed E-state index contributed by atoms with van der Waals surface area (Å²) in [6.07, 6.45) is 1.32. The third-order valence-corrected chi connectivity index (χ3v) is 5.58. The van der Waals surface area contributed by atoms with Crippen LogP contribution in [-0.4, -0.2) is 19.8 Å². The number of amides is 1. The lowest BCUT2D eigenvalue weighted by Gasteiger charge is -2.08. The van der Waals surface area contributed by atoms with Gasteiger partial charge in [0.1, 0.15) is 28.3 Å². The van der Waals surface area contributed by atoms with Gasteiger partial charge in [0.2, 0.25) is 5.91 Å². The SMILES string of the molecule is Cc1cccc(-c2nsc3c(=O)n(CC(=O)Nc4ccc(Br)cc4F)cnc23)c1. The maximum atomic E-state index is 13.9. The van der Waals surface area contributed by atoms with E-state index in [2.05, 4.69) is 30.6 Å². The summed E-state index contributed by atoms with van der Waals surface area (Å²) < 4.78 is 20.4. The van der Waals surface area contributed by atoms with Crippen LogP contribution >= 0.6 is 27.5 Å². The van der Waals surface area contributed by atoms with E-state index in [4.69, 9.17) is 0 Å². The van der Waals surface area contributed by atoms with Crippen LogP contribution in [0.4, 0.5) is 10.1 Å². The van der Waals surface area contributed by atoms with Gasteiger partial charge in [-0.3, -0.25) is 14.2 Å². The molecule has 146 valence electrons. The zero-order chi connectivity index (χ0) is 20.5. The molecule has 0 atom stereocenters. The molecule has 0 radical (unpaired) electrons. The fourth-order valence-electron chi connectivity index (χ4n) is 2.89. The van der Waals surface area contributed by atoms with Crippen molar-refractivity contribution in [3.8, 4) is 11.3 Å². The first-order valence-corrected chi connectivity index (χ1v) is 10.2. The Morgan fingerprint density at radius 1 is 1.28 bits per heavy atom. The van der Waals surface area contributed by atoms with Crippen molar-refractivity contribution >= 4 is 49.3 Å². The molecule has 29 heavy (non-hydrogen) atoms. The Bertz CT molecular complexity index is 1300. The second kappa shape index (κ2) is 7.84. The molecule has 4 aromatic rings. The van der Waals surface area contributed by atoms with Gasteiger partial charge in [-0.1, -0.05) is 39.7 Å². The number of halogens is 2. The first-order valence-electron chi connectivity index (χ1n) is 8.59. The number of carbonyl (C=O) groups is 1. The summed E-state index contributed by atoms with van der Waals surface area (Å²) in [6.45, 7) is 1.69. The fraction of sp³-hybridized carbons (Fsp3) is 0.100. The molecule has 6 nitrogen and oxygen atoms in total. The van der Waals surface area contributed by atoms with Crippen LogP contribution in [0.1, 0.15) is 5.56 Å². The number of benzene rings is 2. The number of fused-ring (bicyclic) bond motifs is 1. The van der Waals surface area contributed by atoms with Gasteiger partial charge >= 0.3 is 0 Å². The molecule has 0 saturated carbocycles. The van der Waals surface area contributed by atoms with Crippen LogP contribution < -0.4 is 10.9 Å². The summed E-state index contributed by atoms with van der Waals surface area (Å²) in [5.74, 6) is -1.10. The first kappa shape index (κ1) is 19.4. The molecule has 0 aliphatic heterocycles. The van der Waals surface area contributed by atoms with E-state index >= 15 is 0 Å². The van der Waals surface area contributed by atoms with Crippen LogP contribution in [0.3, 0.4) is 0 Å². The smallest absolute Gasteiger partial charge is 0.273 e. The van der Waals surface area contributed by atoms with Gasteiger partial charge in [0.25, 0.3) is 5.56 Å². The number of aryl methyl sites for hydroxylation is 1. The monoisotopic (exact) mass is 472 g/mol. The Morgan fingerprint density at radius 3 is 2.86 bits per heavy atom. The van der Waals surface area contributed by atoms with E-state index in [1.807, 2.05) is 31.2 Å². The summed E-state index contributed by atoms with van der Waals surface area (Å²) in [5, 5.41) is 2.46. The lowest BCUT2D eigenvalue weighted by Crippen LogP contribution is -2.27. The van der Waals surface area contributed by atoms with Crippen LogP contribution in [0.15, 0.2) is 58.1 Å². The second-order valence-electron chi connectivity index (χ2n) is 6.43. The molecule has 1 N–H and O–H groups in total. The van der Waals surface area contributed by atoms with E-state index < -0.39 is 11.7 Å². The van der Waals surface area contributed by atoms with Gasteiger partial charge in [-0.15, -0.1) is 0 Å². The molecule has 9 heteroatoms. The van der Waals surface area contributed by atoms with Crippen LogP contribution in [0.2, 0.25) is 0 Å². The van der Waals surface area contributed by atoms with Crippen LogP contribution in [0, 0.1) is 12.7 Å². The van der Waals surface area contributed by atoms with Crippen molar-refractivity contribution < 1.29 is 9.18 Å². The Morgan fingerprint density at radius 2 is 2.10 bits per heavy atom. The quantitative estimate of drug-likeness (QED) is 0.478. The molecule has 0 spiro atoms. The topological polar surface area (TPSA) is 76.9 Å². The van der Waals surface area contributed by atoms with Crippen molar-refractivity contribution in [1.29, 1.82) is 0 Å². The molecule has 0 unspecified atom stereocenters. The van der Waals surface area contributed by atoms with E-state index in [-0.39, 0.29) is 17.8 Å². The van der Waals surface area contributed by atoms with Crippen molar-refractivity contribution in [2.24, 2.45) is 0 Å². The molecule has 2 heterocycles. The van der Waals surface area contributed by atoms with Gasteiger partial charge in [-0.2, -0.15) is 4.37 Å². The van der Waals surface area contributed by atoms with E-state index in [0.29, 0.717) is 20.4 Å². The highest BCUT2D eigenvalue weighted by Gasteiger charge is 2.16. The lowest BCUT2D eigenvalue weighted by atomic mass is 10.1. The van der Waals surface area contributed by atoms with E-state index in [9.17, 15) is 14.0 Å². The maximum absolute atomic E-state index is 13.9. The summed E-state index contributed by atoms with van der Waals surface area (Å²) in [7, 11) is 0. The number of carbonyl (C=O) groups excluding carboxylic acids is 1. The Kier molecular flexibility index (Phi) is 5.25. The molecule has 0 saturated heterocycles. The van der Waals surface area contributed by atoms with E-state index in [1.165, 1.54) is 23.0 Å². The summed E-state index contributed by atoms with van der Waals surface area (Å²) in [5.41, 5.74) is 2.77. The number of rotatable bonds is 4. The fourth-order valence-corrected chi connectivity index (χ4v) is 4.02. The Hall–Kier alpha value is -2.91. The van der Waals surface area contributed by atoms with Gasteiger partial charge < -0.3 is 5.32 Å². The third-order valence-electron chi connectivity index (χ3n) is 4.26. The van der Waals surface area contributed by atoms with Crippen LogP contribution in [-0.2, 0) is 11.3 Å².